The van der Waals surface area contributed by atoms with E-state index in [0.29, 0.717) is 41.5 Å². The van der Waals surface area contributed by atoms with Crippen molar-refractivity contribution in [3.05, 3.63) is 113 Å². The number of para-hydroxylation sites is 2. The zero-order chi connectivity index (χ0) is 26.2. The lowest BCUT2D eigenvalue weighted by Crippen LogP contribution is -2.31. The van der Waals surface area contributed by atoms with Crippen molar-refractivity contribution in [2.45, 2.75) is 33.5 Å². The van der Waals surface area contributed by atoms with Gasteiger partial charge in [0.15, 0.2) is 6.61 Å². The number of carbonyl (C=O) groups is 2. The number of aryl methyl sites for hydroxylation is 2. The van der Waals surface area contributed by atoms with Crippen LogP contribution in [-0.2, 0) is 24.4 Å². The minimum absolute atomic E-state index is 0.133. The molecule has 2 amide bonds. The predicted molar refractivity (Wildman–Crippen MR) is 141 cm³/mol. The lowest BCUT2D eigenvalue weighted by Gasteiger charge is -2.24. The van der Waals surface area contributed by atoms with Crippen LogP contribution in [0.4, 0.5) is 5.69 Å². The molecule has 3 N–H and O–H groups in total. The largest absolute Gasteiger partial charge is 0.484 e. The predicted octanol–water partition coefficient (Wildman–Crippen LogP) is 4.61. The van der Waals surface area contributed by atoms with E-state index in [1.165, 1.54) is 0 Å². The van der Waals surface area contributed by atoms with E-state index in [0.717, 1.165) is 16.7 Å². The zero-order valence-corrected chi connectivity index (χ0v) is 20.9. The summed E-state index contributed by atoms with van der Waals surface area (Å²) in [5.41, 5.74) is 10.1. The van der Waals surface area contributed by atoms with Crippen molar-refractivity contribution in [1.29, 1.82) is 0 Å². The van der Waals surface area contributed by atoms with E-state index in [9.17, 15) is 9.59 Å². The number of carbonyl (C=O) groups excluding carboxylic acids is 2. The molecule has 0 aliphatic carbocycles. The van der Waals surface area contributed by atoms with Crippen LogP contribution in [0.15, 0.2) is 83.4 Å². The SMILES string of the molecule is Cc1noc(C)c1C(=O)N(Cc1cccc(CN)c1)Cc1ccccc1NC(=O)COc1ccccc1. The molecule has 4 rings (SSSR count). The van der Waals surface area contributed by atoms with E-state index in [1.807, 2.05) is 66.7 Å². The lowest BCUT2D eigenvalue weighted by molar-refractivity contribution is -0.118. The molecule has 0 atom stereocenters. The third-order valence-electron chi connectivity index (χ3n) is 5.90. The smallest absolute Gasteiger partial charge is 0.262 e. The van der Waals surface area contributed by atoms with Gasteiger partial charge in [0.05, 0.1) is 5.69 Å². The molecule has 0 spiro atoms. The van der Waals surface area contributed by atoms with Gasteiger partial charge in [0.1, 0.15) is 17.1 Å². The number of hydrogen-bond acceptors (Lipinski definition) is 6. The van der Waals surface area contributed by atoms with Crippen molar-refractivity contribution in [3.63, 3.8) is 0 Å². The van der Waals surface area contributed by atoms with Gasteiger partial charge in [-0.2, -0.15) is 0 Å². The van der Waals surface area contributed by atoms with Crippen LogP contribution in [0, 0.1) is 13.8 Å². The molecule has 0 radical (unpaired) electrons. The van der Waals surface area contributed by atoms with Crippen LogP contribution in [0.5, 0.6) is 5.75 Å². The van der Waals surface area contributed by atoms with E-state index in [2.05, 4.69) is 10.5 Å². The molecule has 190 valence electrons. The third kappa shape index (κ3) is 6.62. The summed E-state index contributed by atoms with van der Waals surface area (Å²) in [5, 5.41) is 6.87. The van der Waals surface area contributed by atoms with Crippen molar-refractivity contribution < 1.29 is 18.8 Å². The number of anilines is 1. The number of amides is 2. The Kier molecular flexibility index (Phi) is 8.33. The van der Waals surface area contributed by atoms with E-state index >= 15 is 0 Å². The Morgan fingerprint density at radius 3 is 2.41 bits per heavy atom. The number of rotatable bonds is 10. The maximum Gasteiger partial charge on any atom is 0.262 e. The van der Waals surface area contributed by atoms with E-state index in [1.54, 1.807) is 30.9 Å². The molecule has 4 aromatic rings. The quantitative estimate of drug-likeness (QED) is 0.330. The van der Waals surface area contributed by atoms with Crippen molar-refractivity contribution in [1.82, 2.24) is 10.1 Å². The van der Waals surface area contributed by atoms with Crippen LogP contribution >= 0.6 is 0 Å². The van der Waals surface area contributed by atoms with Gasteiger partial charge in [0.2, 0.25) is 0 Å². The first-order valence-electron chi connectivity index (χ1n) is 12.0. The minimum Gasteiger partial charge on any atom is -0.484 e. The molecule has 0 unspecified atom stereocenters. The van der Waals surface area contributed by atoms with Gasteiger partial charge in [-0.15, -0.1) is 0 Å². The van der Waals surface area contributed by atoms with E-state index in [4.69, 9.17) is 15.0 Å². The highest BCUT2D eigenvalue weighted by molar-refractivity contribution is 5.96. The summed E-state index contributed by atoms with van der Waals surface area (Å²) in [6, 6.07) is 24.4. The monoisotopic (exact) mass is 498 g/mol. The number of nitrogens with one attached hydrogen (secondary N) is 1. The molecule has 1 heterocycles. The molecule has 1 aromatic heterocycles. The van der Waals surface area contributed by atoms with Gasteiger partial charge in [0.25, 0.3) is 11.8 Å². The van der Waals surface area contributed by atoms with E-state index in [-0.39, 0.29) is 25.0 Å². The van der Waals surface area contributed by atoms with Gasteiger partial charge in [-0.05, 0) is 48.7 Å². The maximum atomic E-state index is 13.7. The number of nitrogens with two attached hydrogens (primary N) is 1. The summed E-state index contributed by atoms with van der Waals surface area (Å²) >= 11 is 0. The summed E-state index contributed by atoms with van der Waals surface area (Å²) in [4.78, 5) is 28.1. The minimum atomic E-state index is -0.296. The summed E-state index contributed by atoms with van der Waals surface area (Å²) in [6.07, 6.45) is 0. The Balaban J connectivity index is 1.56. The molecule has 0 saturated carbocycles. The van der Waals surface area contributed by atoms with Gasteiger partial charge >= 0.3 is 0 Å². The average Bonchev–Trinajstić information content (AvgIpc) is 3.26. The number of benzene rings is 3. The second-order valence-electron chi connectivity index (χ2n) is 8.69. The number of ether oxygens (including phenoxy) is 1. The second kappa shape index (κ2) is 12.0. The second-order valence-corrected chi connectivity index (χ2v) is 8.69. The first-order valence-corrected chi connectivity index (χ1v) is 12.0. The number of aromatic nitrogens is 1. The van der Waals surface area contributed by atoms with Gasteiger partial charge < -0.3 is 25.2 Å². The Morgan fingerprint density at radius 1 is 0.946 bits per heavy atom. The van der Waals surface area contributed by atoms with Crippen molar-refractivity contribution >= 4 is 17.5 Å². The first kappa shape index (κ1) is 25.7. The highest BCUT2D eigenvalue weighted by Gasteiger charge is 2.25. The van der Waals surface area contributed by atoms with Crippen LogP contribution in [0.2, 0.25) is 0 Å². The molecule has 8 heteroatoms. The highest BCUT2D eigenvalue weighted by atomic mass is 16.5. The fourth-order valence-corrected chi connectivity index (χ4v) is 4.06. The molecule has 0 aliphatic rings. The number of hydrogen-bond donors (Lipinski definition) is 2. The van der Waals surface area contributed by atoms with Gasteiger partial charge in [-0.1, -0.05) is 65.8 Å². The summed E-state index contributed by atoms with van der Waals surface area (Å²) in [7, 11) is 0. The molecule has 3 aromatic carbocycles. The van der Waals surface area contributed by atoms with Crippen molar-refractivity contribution in [3.8, 4) is 5.75 Å². The normalized spacial score (nSPS) is 10.7. The molecule has 8 nitrogen and oxygen atoms in total. The molecular weight excluding hydrogens is 468 g/mol. The Bertz CT molecular complexity index is 1350. The molecule has 37 heavy (non-hydrogen) atoms. The van der Waals surface area contributed by atoms with Crippen LogP contribution in [-0.4, -0.2) is 28.5 Å². The fourth-order valence-electron chi connectivity index (χ4n) is 4.06. The maximum absolute atomic E-state index is 13.7. The summed E-state index contributed by atoms with van der Waals surface area (Å²) in [6.45, 7) is 4.35. The summed E-state index contributed by atoms with van der Waals surface area (Å²) in [5.74, 6) is 0.572. The lowest BCUT2D eigenvalue weighted by atomic mass is 10.1. The average molecular weight is 499 g/mol. The molecule has 0 bridgehead atoms. The van der Waals surface area contributed by atoms with E-state index < -0.39 is 0 Å². The zero-order valence-electron chi connectivity index (χ0n) is 20.9. The Hall–Kier alpha value is -4.43. The number of nitrogens with zero attached hydrogens (tertiary/aromatic N) is 2. The first-order chi connectivity index (χ1) is 17.9. The Morgan fingerprint density at radius 2 is 1.68 bits per heavy atom. The topological polar surface area (TPSA) is 111 Å². The molecular formula is C29H30N4O4. The Labute approximate surface area is 216 Å². The standard InChI is InChI=1S/C29H30N4O4/c1-20-28(21(2)37-32-20)29(35)33(17-23-10-8-9-22(15-23)16-30)18-24-11-6-7-14-26(24)31-27(34)19-36-25-12-4-3-5-13-25/h3-15H,16-19,30H2,1-2H3,(H,31,34). The van der Waals surface area contributed by atoms with Crippen LogP contribution in [0.1, 0.15) is 38.5 Å². The molecule has 0 fully saturated rings. The highest BCUT2D eigenvalue weighted by Crippen LogP contribution is 2.23. The van der Waals surface area contributed by atoms with Crippen LogP contribution in [0.3, 0.4) is 0 Å². The van der Waals surface area contributed by atoms with Gasteiger partial charge in [0, 0.05) is 25.3 Å². The molecule has 0 saturated heterocycles. The van der Waals surface area contributed by atoms with Crippen LogP contribution < -0.4 is 15.8 Å². The molecule has 0 aliphatic heterocycles. The van der Waals surface area contributed by atoms with Gasteiger partial charge in [-0.3, -0.25) is 9.59 Å². The van der Waals surface area contributed by atoms with Crippen molar-refractivity contribution in [2.24, 2.45) is 5.73 Å². The fraction of sp³-hybridized carbons (Fsp3) is 0.207. The summed E-state index contributed by atoms with van der Waals surface area (Å²) < 4.78 is 10.8. The van der Waals surface area contributed by atoms with Crippen LogP contribution in [0.25, 0.3) is 0 Å². The van der Waals surface area contributed by atoms with Crippen molar-refractivity contribution in [2.75, 3.05) is 11.9 Å². The third-order valence-corrected chi connectivity index (χ3v) is 5.90. The van der Waals surface area contributed by atoms with Gasteiger partial charge in [-0.25, -0.2) is 0 Å².